The van der Waals surface area contributed by atoms with Gasteiger partial charge in [0.2, 0.25) is 0 Å². The van der Waals surface area contributed by atoms with Gasteiger partial charge < -0.3 is 4.74 Å². The summed E-state index contributed by atoms with van der Waals surface area (Å²) < 4.78 is 35.7. The first kappa shape index (κ1) is 16.2. The summed E-state index contributed by atoms with van der Waals surface area (Å²) in [6.07, 6.45) is 0.302. The Morgan fingerprint density at radius 1 is 1.04 bits per heavy atom. The summed E-state index contributed by atoms with van der Waals surface area (Å²) in [7, 11) is -3.77. The molecule has 0 saturated carbocycles. The van der Waals surface area contributed by atoms with E-state index >= 15 is 0 Å². The lowest BCUT2D eigenvalue weighted by atomic mass is 9.97. The Morgan fingerprint density at radius 2 is 1.74 bits per heavy atom. The highest BCUT2D eigenvalue weighted by atomic mass is 32.2. The van der Waals surface area contributed by atoms with Crippen LogP contribution in [0, 0.1) is 12.8 Å². The molecule has 2 aromatic rings. The van der Waals surface area contributed by atoms with Crippen LogP contribution < -0.4 is 0 Å². The minimum Gasteiger partial charge on any atom is -0.378 e. The zero-order chi connectivity index (χ0) is 16.3. The van der Waals surface area contributed by atoms with E-state index in [-0.39, 0.29) is 10.8 Å². The lowest BCUT2D eigenvalue weighted by Crippen LogP contribution is -2.27. The molecule has 122 valence electrons. The minimum absolute atomic E-state index is 0.0395. The zero-order valence-corrected chi connectivity index (χ0v) is 13.8. The van der Waals surface area contributed by atoms with Crippen LogP contribution in [0.15, 0.2) is 59.5 Å². The molecule has 0 spiro atoms. The number of rotatable bonds is 5. The monoisotopic (exact) mass is 332 g/mol. The number of benzene rings is 2. The van der Waals surface area contributed by atoms with Crippen LogP contribution >= 0.6 is 0 Å². The van der Waals surface area contributed by atoms with Gasteiger partial charge in [0.25, 0.3) is 10.1 Å². The molecule has 1 aliphatic heterocycles. The van der Waals surface area contributed by atoms with Crippen LogP contribution in [0.25, 0.3) is 0 Å². The van der Waals surface area contributed by atoms with E-state index in [0.29, 0.717) is 13.2 Å². The molecular formula is C18H20O4S. The topological polar surface area (TPSA) is 52.6 Å². The van der Waals surface area contributed by atoms with E-state index in [1.807, 2.05) is 37.3 Å². The van der Waals surface area contributed by atoms with E-state index in [0.717, 1.165) is 17.5 Å². The average molecular weight is 332 g/mol. The summed E-state index contributed by atoms with van der Waals surface area (Å²) in [6.45, 7) is 2.74. The van der Waals surface area contributed by atoms with Crippen LogP contribution in [0.4, 0.5) is 0 Å². The second-order valence-corrected chi connectivity index (χ2v) is 7.46. The van der Waals surface area contributed by atoms with Crippen molar-refractivity contribution >= 4 is 10.1 Å². The van der Waals surface area contributed by atoms with Gasteiger partial charge in [-0.1, -0.05) is 48.0 Å². The van der Waals surface area contributed by atoms with Gasteiger partial charge in [0.1, 0.15) is 6.10 Å². The minimum atomic E-state index is -3.77. The van der Waals surface area contributed by atoms with Gasteiger partial charge >= 0.3 is 0 Å². The Bertz CT molecular complexity index is 738. The Kier molecular flexibility index (Phi) is 4.80. The third-order valence-corrected chi connectivity index (χ3v) is 5.39. The Morgan fingerprint density at radius 3 is 2.43 bits per heavy atom. The van der Waals surface area contributed by atoms with Crippen LogP contribution in [-0.2, 0) is 25.5 Å². The molecule has 2 atom stereocenters. The average Bonchev–Trinajstić information content (AvgIpc) is 2.95. The summed E-state index contributed by atoms with van der Waals surface area (Å²) in [5.74, 6) is 0.0395. The predicted molar refractivity (Wildman–Crippen MR) is 87.7 cm³/mol. The number of aryl methyl sites for hydroxylation is 1. The Hall–Kier alpha value is -1.69. The van der Waals surface area contributed by atoms with Gasteiger partial charge in [-0.2, -0.15) is 8.42 Å². The normalized spacial score (nSPS) is 21.4. The molecular weight excluding hydrogens is 312 g/mol. The third-order valence-electron chi connectivity index (χ3n) is 4.04. The van der Waals surface area contributed by atoms with Gasteiger partial charge in [-0.15, -0.1) is 0 Å². The van der Waals surface area contributed by atoms with Crippen LogP contribution in [0.2, 0.25) is 0 Å². The molecule has 0 aliphatic carbocycles. The van der Waals surface area contributed by atoms with E-state index in [1.54, 1.807) is 24.3 Å². The van der Waals surface area contributed by atoms with Gasteiger partial charge in [-0.25, -0.2) is 0 Å². The van der Waals surface area contributed by atoms with E-state index in [9.17, 15) is 8.42 Å². The van der Waals surface area contributed by atoms with Crippen molar-refractivity contribution in [2.24, 2.45) is 5.92 Å². The largest absolute Gasteiger partial charge is 0.378 e. The molecule has 0 radical (unpaired) electrons. The van der Waals surface area contributed by atoms with Crippen molar-refractivity contribution in [3.63, 3.8) is 0 Å². The molecule has 1 heterocycles. The molecule has 0 aromatic heterocycles. The Balaban J connectivity index is 1.72. The van der Waals surface area contributed by atoms with Gasteiger partial charge in [-0.05, 0) is 31.0 Å². The van der Waals surface area contributed by atoms with Crippen molar-refractivity contribution in [1.29, 1.82) is 0 Å². The van der Waals surface area contributed by atoms with E-state index in [1.165, 1.54) is 0 Å². The van der Waals surface area contributed by atoms with Crippen molar-refractivity contribution in [3.8, 4) is 0 Å². The fourth-order valence-electron chi connectivity index (χ4n) is 2.72. The molecule has 4 nitrogen and oxygen atoms in total. The molecule has 0 bridgehead atoms. The van der Waals surface area contributed by atoms with E-state index in [4.69, 9.17) is 8.92 Å². The zero-order valence-electron chi connectivity index (χ0n) is 13.0. The van der Waals surface area contributed by atoms with Crippen molar-refractivity contribution in [2.45, 2.75) is 24.3 Å². The maximum Gasteiger partial charge on any atom is 0.297 e. The third kappa shape index (κ3) is 3.99. The molecule has 0 amide bonds. The smallest absolute Gasteiger partial charge is 0.297 e. The first-order chi connectivity index (χ1) is 11.0. The number of hydrogen-bond donors (Lipinski definition) is 0. The maximum absolute atomic E-state index is 12.4. The van der Waals surface area contributed by atoms with Crippen molar-refractivity contribution in [2.75, 3.05) is 13.2 Å². The fraction of sp³-hybridized carbons (Fsp3) is 0.333. The van der Waals surface area contributed by atoms with Gasteiger partial charge in [0.05, 0.1) is 18.1 Å². The first-order valence-electron chi connectivity index (χ1n) is 7.66. The fourth-order valence-corrected chi connectivity index (χ4v) is 3.83. The van der Waals surface area contributed by atoms with Crippen LogP contribution in [0.3, 0.4) is 0 Å². The summed E-state index contributed by atoms with van der Waals surface area (Å²) in [5.41, 5.74) is 2.17. The lowest BCUT2D eigenvalue weighted by molar-refractivity contribution is 0.142. The molecule has 23 heavy (non-hydrogen) atoms. The number of hydrogen-bond acceptors (Lipinski definition) is 4. The van der Waals surface area contributed by atoms with E-state index in [2.05, 4.69) is 0 Å². The van der Waals surface area contributed by atoms with Gasteiger partial charge in [0, 0.05) is 5.92 Å². The molecule has 1 fully saturated rings. The van der Waals surface area contributed by atoms with Gasteiger partial charge in [0.15, 0.2) is 0 Å². The highest BCUT2D eigenvalue weighted by molar-refractivity contribution is 7.86. The highest BCUT2D eigenvalue weighted by Crippen LogP contribution is 2.25. The molecule has 3 rings (SSSR count). The molecule has 0 unspecified atom stereocenters. The molecule has 5 heteroatoms. The SMILES string of the molecule is Cc1ccc(S(=O)(=O)O[C@@H]2COC[C@@H]2Cc2ccccc2)cc1. The van der Waals surface area contributed by atoms with E-state index < -0.39 is 16.2 Å². The predicted octanol–water partition coefficient (Wildman–Crippen LogP) is 2.96. The second-order valence-electron chi connectivity index (χ2n) is 5.89. The van der Waals surface area contributed by atoms with Crippen LogP contribution in [-0.4, -0.2) is 27.7 Å². The van der Waals surface area contributed by atoms with Crippen LogP contribution in [0.5, 0.6) is 0 Å². The molecule has 1 saturated heterocycles. The maximum atomic E-state index is 12.4. The molecule has 0 N–H and O–H groups in total. The summed E-state index contributed by atoms with van der Waals surface area (Å²) in [6, 6.07) is 16.7. The quantitative estimate of drug-likeness (QED) is 0.790. The molecule has 1 aliphatic rings. The van der Waals surface area contributed by atoms with Crippen molar-refractivity contribution in [3.05, 3.63) is 65.7 Å². The summed E-state index contributed by atoms with van der Waals surface area (Å²) in [4.78, 5) is 0.188. The summed E-state index contributed by atoms with van der Waals surface area (Å²) >= 11 is 0. The highest BCUT2D eigenvalue weighted by Gasteiger charge is 2.33. The van der Waals surface area contributed by atoms with Crippen molar-refractivity contribution in [1.82, 2.24) is 0 Å². The first-order valence-corrected chi connectivity index (χ1v) is 9.07. The number of ether oxygens (including phenoxy) is 1. The van der Waals surface area contributed by atoms with Crippen LogP contribution in [0.1, 0.15) is 11.1 Å². The second kappa shape index (κ2) is 6.83. The van der Waals surface area contributed by atoms with Gasteiger partial charge in [-0.3, -0.25) is 4.18 Å². The summed E-state index contributed by atoms with van der Waals surface area (Å²) in [5, 5.41) is 0. The lowest BCUT2D eigenvalue weighted by Gasteiger charge is -2.18. The van der Waals surface area contributed by atoms with Crippen molar-refractivity contribution < 1.29 is 17.3 Å². The standard InChI is InChI=1S/C18H20O4S/c1-14-7-9-17(10-8-14)23(19,20)22-18-13-21-12-16(18)11-15-5-3-2-4-6-15/h2-10,16,18H,11-13H2,1H3/t16-,18+/m0/s1. The Labute approximate surface area is 137 Å². The molecule has 2 aromatic carbocycles.